The maximum Gasteiger partial charge on any atom is 0.490 e. The van der Waals surface area contributed by atoms with Gasteiger partial charge in [0.15, 0.2) is 0 Å². The van der Waals surface area contributed by atoms with Crippen molar-refractivity contribution < 1.29 is 32.3 Å². The Kier molecular flexibility index (Phi) is 7.13. The highest BCUT2D eigenvalue weighted by Gasteiger charge is 2.38. The summed E-state index contributed by atoms with van der Waals surface area (Å²) in [4.78, 5) is 27.8. The summed E-state index contributed by atoms with van der Waals surface area (Å²) in [5, 5.41) is 14.9. The number of hydrogen-bond donors (Lipinski definition) is 2. The van der Waals surface area contributed by atoms with Gasteiger partial charge in [-0.05, 0) is 24.3 Å². The van der Waals surface area contributed by atoms with Crippen LogP contribution in [0.15, 0.2) is 59.7 Å². The number of pyridine rings is 1. The van der Waals surface area contributed by atoms with Gasteiger partial charge in [0.05, 0.1) is 24.1 Å². The molecule has 0 aromatic carbocycles. The Balaban J connectivity index is 0.000000360. The minimum absolute atomic E-state index is 0.0220. The lowest BCUT2D eigenvalue weighted by Gasteiger charge is -2.24. The lowest BCUT2D eigenvalue weighted by molar-refractivity contribution is -0.192. The van der Waals surface area contributed by atoms with Crippen LogP contribution in [0.4, 0.5) is 19.0 Å². The summed E-state index contributed by atoms with van der Waals surface area (Å²) in [5.74, 6) is -1.72. The van der Waals surface area contributed by atoms with Crippen molar-refractivity contribution >= 4 is 17.7 Å². The van der Waals surface area contributed by atoms with Crippen LogP contribution in [0.2, 0.25) is 0 Å². The summed E-state index contributed by atoms with van der Waals surface area (Å²) >= 11 is 0. The van der Waals surface area contributed by atoms with Gasteiger partial charge in [0.25, 0.3) is 5.91 Å². The number of fused-ring (bicyclic) bond motifs is 1. The summed E-state index contributed by atoms with van der Waals surface area (Å²) in [5.41, 5.74) is 1.61. The molecule has 0 aliphatic carbocycles. The number of carboxylic acid groups (broad SMARTS) is 1. The van der Waals surface area contributed by atoms with Gasteiger partial charge in [-0.15, -0.1) is 0 Å². The highest BCUT2D eigenvalue weighted by Crippen LogP contribution is 2.19. The molecule has 1 amide bonds. The number of halogens is 3. The number of aliphatic carboxylic acids is 1. The highest BCUT2D eigenvalue weighted by molar-refractivity contribution is 5.93. The van der Waals surface area contributed by atoms with Crippen molar-refractivity contribution in [3.63, 3.8) is 0 Å². The zero-order chi connectivity index (χ0) is 23.1. The minimum atomic E-state index is -5.08. The van der Waals surface area contributed by atoms with Gasteiger partial charge >= 0.3 is 12.1 Å². The lowest BCUT2D eigenvalue weighted by Crippen LogP contribution is -2.36. The fourth-order valence-corrected chi connectivity index (χ4v) is 3.10. The Morgan fingerprint density at radius 1 is 1.19 bits per heavy atom. The molecule has 1 atom stereocenters. The molecule has 9 nitrogen and oxygen atoms in total. The Morgan fingerprint density at radius 2 is 1.97 bits per heavy atom. The molecule has 0 saturated heterocycles. The third kappa shape index (κ3) is 6.09. The first kappa shape index (κ1) is 22.8. The third-order valence-electron chi connectivity index (χ3n) is 4.60. The summed E-state index contributed by atoms with van der Waals surface area (Å²) in [6, 6.07) is 9.43. The molecule has 4 heterocycles. The van der Waals surface area contributed by atoms with Gasteiger partial charge in [0, 0.05) is 37.9 Å². The molecular formula is C20H20F3N5O4. The summed E-state index contributed by atoms with van der Waals surface area (Å²) < 4.78 is 38.8. The van der Waals surface area contributed by atoms with E-state index in [1.165, 1.54) is 12.5 Å². The zero-order valence-electron chi connectivity index (χ0n) is 16.7. The summed E-state index contributed by atoms with van der Waals surface area (Å²) in [7, 11) is 0. The molecule has 0 spiro atoms. The number of furan rings is 1. The standard InChI is InChI=1S/C18H19N5O2.C2HF3O2/c24-18(15-5-8-25-13-15)22-10-14(9-20-17-3-1-2-6-19-17)11-23-16(12-22)4-7-21-23;3-2(4,5)1(6)7/h1-8,13-14H,9-12H2,(H,19,20);(H,6,7). The predicted molar refractivity (Wildman–Crippen MR) is 106 cm³/mol. The average Bonchev–Trinajstić information content (AvgIpc) is 3.41. The molecule has 3 aromatic heterocycles. The Hall–Kier alpha value is -3.83. The van der Waals surface area contributed by atoms with E-state index in [9.17, 15) is 18.0 Å². The third-order valence-corrected chi connectivity index (χ3v) is 4.60. The highest BCUT2D eigenvalue weighted by atomic mass is 19.4. The molecule has 170 valence electrons. The first-order chi connectivity index (χ1) is 15.2. The average molecular weight is 451 g/mol. The molecular weight excluding hydrogens is 431 g/mol. The monoisotopic (exact) mass is 451 g/mol. The number of rotatable bonds is 4. The molecule has 12 heteroatoms. The second kappa shape index (κ2) is 9.98. The predicted octanol–water partition coefficient (Wildman–Crippen LogP) is 2.89. The molecule has 0 fully saturated rings. The van der Waals surface area contributed by atoms with E-state index < -0.39 is 12.1 Å². The van der Waals surface area contributed by atoms with Crippen LogP contribution >= 0.6 is 0 Å². The van der Waals surface area contributed by atoms with Crippen molar-refractivity contribution in [2.24, 2.45) is 5.92 Å². The quantitative estimate of drug-likeness (QED) is 0.627. The number of carboxylic acids is 1. The fourth-order valence-electron chi connectivity index (χ4n) is 3.10. The van der Waals surface area contributed by atoms with Crippen molar-refractivity contribution in [3.05, 3.63) is 66.5 Å². The van der Waals surface area contributed by atoms with Crippen LogP contribution in [0.3, 0.4) is 0 Å². The van der Waals surface area contributed by atoms with Gasteiger partial charge in [-0.2, -0.15) is 18.3 Å². The molecule has 32 heavy (non-hydrogen) atoms. The molecule has 0 bridgehead atoms. The van der Waals surface area contributed by atoms with Crippen LogP contribution in [-0.4, -0.2) is 55.9 Å². The van der Waals surface area contributed by atoms with Crippen molar-refractivity contribution in [1.82, 2.24) is 19.7 Å². The number of nitrogens with zero attached hydrogens (tertiary/aromatic N) is 4. The van der Waals surface area contributed by atoms with Crippen LogP contribution in [0.1, 0.15) is 16.1 Å². The molecule has 1 aliphatic heterocycles. The lowest BCUT2D eigenvalue weighted by atomic mass is 10.1. The molecule has 0 radical (unpaired) electrons. The van der Waals surface area contributed by atoms with E-state index in [-0.39, 0.29) is 11.8 Å². The van der Waals surface area contributed by atoms with E-state index in [0.29, 0.717) is 25.2 Å². The second-order valence-corrected chi connectivity index (χ2v) is 6.97. The van der Waals surface area contributed by atoms with Crippen molar-refractivity contribution in [1.29, 1.82) is 0 Å². The second-order valence-electron chi connectivity index (χ2n) is 6.97. The number of anilines is 1. The van der Waals surface area contributed by atoms with E-state index in [1.54, 1.807) is 18.5 Å². The van der Waals surface area contributed by atoms with Gasteiger partial charge in [0.1, 0.15) is 12.1 Å². The molecule has 1 aliphatic rings. The summed E-state index contributed by atoms with van der Waals surface area (Å²) in [6.07, 6.45) is 1.47. The van der Waals surface area contributed by atoms with E-state index in [4.69, 9.17) is 14.3 Å². The Labute approximate surface area is 180 Å². The topological polar surface area (TPSA) is 113 Å². The van der Waals surface area contributed by atoms with Crippen LogP contribution < -0.4 is 5.32 Å². The van der Waals surface area contributed by atoms with E-state index >= 15 is 0 Å². The van der Waals surface area contributed by atoms with Gasteiger partial charge in [-0.3, -0.25) is 9.48 Å². The SMILES string of the molecule is O=C(O)C(F)(F)F.O=C(c1ccoc1)N1Cc2ccnn2CC(CNc2ccccn2)C1. The van der Waals surface area contributed by atoms with Crippen molar-refractivity contribution in [3.8, 4) is 0 Å². The van der Waals surface area contributed by atoms with E-state index in [0.717, 1.165) is 18.1 Å². The number of amides is 1. The minimum Gasteiger partial charge on any atom is -0.475 e. The van der Waals surface area contributed by atoms with Gasteiger partial charge in [-0.25, -0.2) is 9.78 Å². The Morgan fingerprint density at radius 3 is 2.59 bits per heavy atom. The molecule has 2 N–H and O–H groups in total. The van der Waals surface area contributed by atoms with Crippen LogP contribution in [-0.2, 0) is 17.9 Å². The number of carbonyl (C=O) groups is 2. The van der Waals surface area contributed by atoms with Crippen molar-refractivity contribution in [2.45, 2.75) is 19.3 Å². The van der Waals surface area contributed by atoms with E-state index in [2.05, 4.69) is 15.4 Å². The molecule has 4 rings (SSSR count). The van der Waals surface area contributed by atoms with Crippen LogP contribution in [0.5, 0.6) is 0 Å². The van der Waals surface area contributed by atoms with Gasteiger partial charge in [0.2, 0.25) is 0 Å². The zero-order valence-corrected chi connectivity index (χ0v) is 16.7. The molecule has 1 unspecified atom stereocenters. The molecule has 0 saturated carbocycles. The fraction of sp³-hybridized carbons (Fsp3) is 0.300. The Bertz CT molecular complexity index is 1020. The maximum absolute atomic E-state index is 12.8. The van der Waals surface area contributed by atoms with E-state index in [1.807, 2.05) is 33.8 Å². The number of alkyl halides is 3. The number of nitrogens with one attached hydrogen (secondary N) is 1. The summed E-state index contributed by atoms with van der Waals surface area (Å²) in [6.45, 7) is 2.67. The number of aromatic nitrogens is 3. The van der Waals surface area contributed by atoms with Crippen LogP contribution in [0.25, 0.3) is 0 Å². The van der Waals surface area contributed by atoms with Gasteiger partial charge < -0.3 is 19.7 Å². The number of hydrogen-bond acceptors (Lipinski definition) is 6. The van der Waals surface area contributed by atoms with Crippen molar-refractivity contribution in [2.75, 3.05) is 18.4 Å². The smallest absolute Gasteiger partial charge is 0.475 e. The molecule has 3 aromatic rings. The maximum atomic E-state index is 12.8. The first-order valence-corrected chi connectivity index (χ1v) is 9.51. The largest absolute Gasteiger partial charge is 0.490 e. The van der Waals surface area contributed by atoms with Gasteiger partial charge in [-0.1, -0.05) is 6.07 Å². The van der Waals surface area contributed by atoms with Crippen LogP contribution in [0, 0.1) is 5.92 Å². The number of carbonyl (C=O) groups excluding carboxylic acids is 1. The normalized spacial score (nSPS) is 15.7. The first-order valence-electron chi connectivity index (χ1n) is 9.51.